The summed E-state index contributed by atoms with van der Waals surface area (Å²) in [6, 6.07) is 7.82. The Morgan fingerprint density at radius 1 is 1.25 bits per heavy atom. The first-order valence-electron chi connectivity index (χ1n) is 8.10. The van der Waals surface area contributed by atoms with Crippen LogP contribution in [0.4, 0.5) is 0 Å². The van der Waals surface area contributed by atoms with Crippen LogP contribution in [0.1, 0.15) is 43.9 Å². The Morgan fingerprint density at radius 2 is 1.79 bits per heavy atom. The predicted octanol–water partition coefficient (Wildman–Crippen LogP) is 2.01. The van der Waals surface area contributed by atoms with E-state index in [1.165, 1.54) is 11.8 Å². The number of halogens is 1. The van der Waals surface area contributed by atoms with Crippen molar-refractivity contribution in [2.24, 2.45) is 0 Å². The van der Waals surface area contributed by atoms with E-state index in [9.17, 15) is 13.2 Å². The maximum atomic E-state index is 12.8. The highest BCUT2D eigenvalue weighted by molar-refractivity contribution is 7.92. The Kier molecular flexibility index (Phi) is 7.25. The molecule has 0 spiro atoms. The van der Waals surface area contributed by atoms with E-state index in [4.69, 9.17) is 0 Å². The first-order valence-corrected chi connectivity index (χ1v) is 9.99. The highest BCUT2D eigenvalue weighted by Gasteiger charge is 2.48. The molecule has 0 radical (unpaired) electrons. The van der Waals surface area contributed by atoms with Gasteiger partial charge < -0.3 is 10.6 Å². The monoisotopic (exact) mass is 374 g/mol. The fourth-order valence-electron chi connectivity index (χ4n) is 3.05. The van der Waals surface area contributed by atoms with Crippen LogP contribution in [0.5, 0.6) is 0 Å². The second-order valence-corrected chi connectivity index (χ2v) is 8.63. The molecule has 0 aromatic heterocycles. The molecule has 1 atom stereocenters. The second kappa shape index (κ2) is 8.32. The average Bonchev–Trinajstić information content (AvgIpc) is 2.54. The van der Waals surface area contributed by atoms with Crippen molar-refractivity contribution in [3.8, 4) is 0 Å². The summed E-state index contributed by atoms with van der Waals surface area (Å²) >= 11 is 0. The third-order valence-corrected chi connectivity index (χ3v) is 6.78. The van der Waals surface area contributed by atoms with Crippen molar-refractivity contribution in [3.63, 3.8) is 0 Å². The van der Waals surface area contributed by atoms with E-state index in [1.807, 2.05) is 31.2 Å². The van der Waals surface area contributed by atoms with Gasteiger partial charge in [-0.25, -0.2) is 8.42 Å². The second-order valence-electron chi connectivity index (χ2n) is 6.31. The van der Waals surface area contributed by atoms with E-state index in [2.05, 4.69) is 17.6 Å². The number of benzene rings is 1. The molecule has 0 aliphatic carbocycles. The number of amides is 1. The van der Waals surface area contributed by atoms with Crippen LogP contribution < -0.4 is 10.6 Å². The van der Waals surface area contributed by atoms with Crippen LogP contribution in [0, 0.1) is 0 Å². The number of carbonyl (C=O) groups is 1. The molecule has 1 saturated heterocycles. The minimum absolute atomic E-state index is 0. The van der Waals surface area contributed by atoms with Crippen molar-refractivity contribution in [1.82, 2.24) is 10.6 Å². The lowest BCUT2D eigenvalue weighted by Crippen LogP contribution is -2.57. The van der Waals surface area contributed by atoms with Crippen molar-refractivity contribution in [2.75, 3.05) is 19.3 Å². The standard InChI is InChI=1S/C17H26N2O3S.ClH/c1-4-14-5-7-15(8-6-14)13(2)19-16(20)17(23(3,21)22)9-11-18-12-10-17;/h5-8,13,18H,4,9-12H2,1-3H3,(H,19,20);1H. The van der Waals surface area contributed by atoms with Gasteiger partial charge >= 0.3 is 0 Å². The summed E-state index contributed by atoms with van der Waals surface area (Å²) < 4.78 is 23.2. The Labute approximate surface area is 150 Å². The molecule has 136 valence electrons. The molecule has 5 nitrogen and oxygen atoms in total. The van der Waals surface area contributed by atoms with Gasteiger partial charge in [-0.05, 0) is 50.4 Å². The van der Waals surface area contributed by atoms with Crippen LogP contribution in [-0.4, -0.2) is 38.4 Å². The molecule has 7 heteroatoms. The fourth-order valence-corrected chi connectivity index (χ4v) is 4.39. The Balaban J connectivity index is 0.00000288. The van der Waals surface area contributed by atoms with Crippen molar-refractivity contribution >= 4 is 28.2 Å². The molecule has 0 saturated carbocycles. The van der Waals surface area contributed by atoms with Crippen LogP contribution in [-0.2, 0) is 21.1 Å². The van der Waals surface area contributed by atoms with E-state index in [-0.39, 0.29) is 24.4 Å². The molecule has 2 N–H and O–H groups in total. The van der Waals surface area contributed by atoms with E-state index < -0.39 is 14.6 Å². The highest BCUT2D eigenvalue weighted by Crippen LogP contribution is 2.29. The van der Waals surface area contributed by atoms with Gasteiger partial charge in [-0.15, -0.1) is 12.4 Å². The number of rotatable bonds is 5. The summed E-state index contributed by atoms with van der Waals surface area (Å²) in [4.78, 5) is 12.8. The maximum Gasteiger partial charge on any atom is 0.242 e. The molecule has 1 heterocycles. The van der Waals surface area contributed by atoms with Crippen LogP contribution >= 0.6 is 12.4 Å². The average molecular weight is 375 g/mol. The minimum Gasteiger partial charge on any atom is -0.348 e. The molecule has 24 heavy (non-hydrogen) atoms. The van der Waals surface area contributed by atoms with Crippen LogP contribution in [0.3, 0.4) is 0 Å². The lowest BCUT2D eigenvalue weighted by molar-refractivity contribution is -0.125. The number of carbonyl (C=O) groups excluding carboxylic acids is 1. The maximum absolute atomic E-state index is 12.8. The number of piperidine rings is 1. The van der Waals surface area contributed by atoms with E-state index in [1.54, 1.807) is 0 Å². The first kappa shape index (κ1) is 20.9. The summed E-state index contributed by atoms with van der Waals surface area (Å²) in [6.07, 6.45) is 2.77. The zero-order valence-electron chi connectivity index (χ0n) is 14.5. The number of sulfone groups is 1. The van der Waals surface area contributed by atoms with Gasteiger partial charge in [0.1, 0.15) is 0 Å². The highest BCUT2D eigenvalue weighted by atomic mass is 35.5. The minimum atomic E-state index is -3.48. The molecule has 2 rings (SSSR count). The van der Waals surface area contributed by atoms with Crippen molar-refractivity contribution in [3.05, 3.63) is 35.4 Å². The summed E-state index contributed by atoms with van der Waals surface area (Å²) in [5, 5.41) is 6.02. The molecule has 1 amide bonds. The van der Waals surface area contributed by atoms with Crippen LogP contribution in [0.15, 0.2) is 24.3 Å². The molecule has 1 fully saturated rings. The zero-order chi connectivity index (χ0) is 17.1. The summed E-state index contributed by atoms with van der Waals surface area (Å²) in [7, 11) is -3.48. The topological polar surface area (TPSA) is 75.3 Å². The van der Waals surface area contributed by atoms with Crippen LogP contribution in [0.25, 0.3) is 0 Å². The van der Waals surface area contributed by atoms with Gasteiger partial charge in [0.25, 0.3) is 0 Å². The molecule has 0 bridgehead atoms. The number of aryl methyl sites for hydroxylation is 1. The van der Waals surface area contributed by atoms with Gasteiger partial charge in [0.05, 0.1) is 6.04 Å². The Morgan fingerprint density at radius 3 is 2.25 bits per heavy atom. The van der Waals surface area contributed by atoms with Gasteiger partial charge in [0.2, 0.25) is 5.91 Å². The van der Waals surface area contributed by atoms with Crippen molar-refractivity contribution in [1.29, 1.82) is 0 Å². The summed E-state index contributed by atoms with van der Waals surface area (Å²) in [5.41, 5.74) is 2.21. The molecule has 1 unspecified atom stereocenters. The van der Waals surface area contributed by atoms with Gasteiger partial charge in [-0.2, -0.15) is 0 Å². The van der Waals surface area contributed by atoms with Gasteiger partial charge in [0.15, 0.2) is 14.6 Å². The smallest absolute Gasteiger partial charge is 0.242 e. The molecule has 1 aromatic rings. The lowest BCUT2D eigenvalue weighted by Gasteiger charge is -2.35. The molecule has 1 aromatic carbocycles. The Bertz CT molecular complexity index is 653. The molecule has 1 aliphatic heterocycles. The van der Waals surface area contributed by atoms with Crippen molar-refractivity contribution in [2.45, 2.75) is 43.9 Å². The number of hydrogen-bond donors (Lipinski definition) is 2. The van der Waals surface area contributed by atoms with Crippen molar-refractivity contribution < 1.29 is 13.2 Å². The predicted molar refractivity (Wildman–Crippen MR) is 99.3 cm³/mol. The van der Waals surface area contributed by atoms with Gasteiger partial charge in [-0.1, -0.05) is 31.2 Å². The third kappa shape index (κ3) is 4.29. The van der Waals surface area contributed by atoms with E-state index in [0.717, 1.165) is 12.0 Å². The Hall–Kier alpha value is -1.11. The van der Waals surface area contributed by atoms with Gasteiger partial charge in [0, 0.05) is 6.26 Å². The summed E-state index contributed by atoms with van der Waals surface area (Å²) in [6.45, 7) is 5.06. The largest absolute Gasteiger partial charge is 0.348 e. The molecular weight excluding hydrogens is 348 g/mol. The number of hydrogen-bond acceptors (Lipinski definition) is 4. The first-order chi connectivity index (χ1) is 10.8. The lowest BCUT2D eigenvalue weighted by atomic mass is 9.95. The summed E-state index contributed by atoms with van der Waals surface area (Å²) in [5.74, 6) is -0.381. The van der Waals surface area contributed by atoms with E-state index in [0.29, 0.717) is 25.9 Å². The quantitative estimate of drug-likeness (QED) is 0.826. The fraction of sp³-hybridized carbons (Fsp3) is 0.588. The number of nitrogens with one attached hydrogen (secondary N) is 2. The molecular formula is C17H27ClN2O3S. The van der Waals surface area contributed by atoms with Gasteiger partial charge in [-0.3, -0.25) is 4.79 Å². The SMILES string of the molecule is CCc1ccc(C(C)NC(=O)C2(S(C)(=O)=O)CCNCC2)cc1.Cl. The third-order valence-electron chi connectivity index (χ3n) is 4.77. The van der Waals surface area contributed by atoms with Crippen LogP contribution in [0.2, 0.25) is 0 Å². The zero-order valence-corrected chi connectivity index (χ0v) is 16.1. The molecule has 1 aliphatic rings. The normalized spacial score (nSPS) is 18.3. The van der Waals surface area contributed by atoms with E-state index >= 15 is 0 Å².